The number of nitrogen functional groups attached to an aromatic ring is 1. The van der Waals surface area contributed by atoms with Gasteiger partial charge in [0.1, 0.15) is 0 Å². The van der Waals surface area contributed by atoms with Crippen molar-refractivity contribution >= 4 is 5.82 Å². The Morgan fingerprint density at radius 3 is 2.62 bits per heavy atom. The van der Waals surface area contributed by atoms with Gasteiger partial charge in [-0.05, 0) is 13.1 Å². The van der Waals surface area contributed by atoms with Crippen LogP contribution in [0, 0.1) is 0 Å². The van der Waals surface area contributed by atoms with Gasteiger partial charge in [-0.3, -0.25) is 0 Å². The molecule has 1 heterocycles. The lowest BCUT2D eigenvalue weighted by Crippen LogP contribution is -2.27. The highest BCUT2D eigenvalue weighted by Gasteiger charge is 2.00. The highest BCUT2D eigenvalue weighted by atomic mass is 15.5. The normalized spacial score (nSPS) is 11.0. The molecule has 2 N–H and O–H groups in total. The summed E-state index contributed by atoms with van der Waals surface area (Å²) in [6.07, 6.45) is 1.57. The molecule has 0 saturated carbocycles. The van der Waals surface area contributed by atoms with Crippen molar-refractivity contribution in [1.29, 1.82) is 0 Å². The molecule has 1 aromatic rings. The Morgan fingerprint density at radius 2 is 2.15 bits per heavy atom. The molecule has 5 heteroatoms. The molecular weight excluding hydrogens is 166 g/mol. The molecule has 0 saturated heterocycles. The first-order chi connectivity index (χ1) is 6.26. The van der Waals surface area contributed by atoms with Crippen LogP contribution >= 0.6 is 0 Å². The predicted octanol–water partition coefficient (Wildman–Crippen LogP) is 0.202. The number of anilines is 1. The summed E-state index contributed by atoms with van der Waals surface area (Å²) in [5.41, 5.74) is 5.44. The number of aromatic nitrogens is 3. The number of hydrogen-bond acceptors (Lipinski definition) is 4. The van der Waals surface area contributed by atoms with Gasteiger partial charge in [0, 0.05) is 6.54 Å². The highest BCUT2D eigenvalue weighted by Crippen LogP contribution is 1.92. The Bertz CT molecular complexity index is 240. The van der Waals surface area contributed by atoms with Crippen LogP contribution in [0.15, 0.2) is 6.20 Å². The summed E-state index contributed by atoms with van der Waals surface area (Å²) in [5.74, 6) is 0.486. The third-order valence-corrected chi connectivity index (χ3v) is 2.06. The number of rotatable bonds is 5. The SMILES string of the molecule is CCN(CC)CCn1ncc(N)n1. The standard InChI is InChI=1S/C8H17N5/c1-3-12(4-2)5-6-13-10-7-8(9)11-13/h7H,3-6H2,1-2H3,(H2,9,11). The van der Waals surface area contributed by atoms with E-state index < -0.39 is 0 Å². The summed E-state index contributed by atoms with van der Waals surface area (Å²) in [6.45, 7) is 8.20. The molecule has 0 amide bonds. The Morgan fingerprint density at radius 1 is 1.46 bits per heavy atom. The fourth-order valence-electron chi connectivity index (χ4n) is 1.19. The summed E-state index contributed by atoms with van der Waals surface area (Å²) < 4.78 is 0. The van der Waals surface area contributed by atoms with Gasteiger partial charge in [0.2, 0.25) is 0 Å². The second-order valence-corrected chi connectivity index (χ2v) is 2.89. The molecule has 1 rings (SSSR count). The molecule has 74 valence electrons. The first-order valence-electron chi connectivity index (χ1n) is 4.64. The average molecular weight is 183 g/mol. The molecule has 0 bridgehead atoms. The van der Waals surface area contributed by atoms with Crippen molar-refractivity contribution in [2.45, 2.75) is 20.4 Å². The molecule has 5 nitrogen and oxygen atoms in total. The Hall–Kier alpha value is -1.10. The molecule has 0 fully saturated rings. The molecule has 0 aliphatic carbocycles. The minimum absolute atomic E-state index is 0.486. The largest absolute Gasteiger partial charge is 0.381 e. The summed E-state index contributed by atoms with van der Waals surface area (Å²) in [5, 5.41) is 8.02. The maximum atomic E-state index is 5.44. The number of nitrogens with two attached hydrogens (primary N) is 1. The number of hydrogen-bond donors (Lipinski definition) is 1. The summed E-state index contributed by atoms with van der Waals surface area (Å²) in [6, 6.07) is 0. The summed E-state index contributed by atoms with van der Waals surface area (Å²) in [4.78, 5) is 3.95. The lowest BCUT2D eigenvalue weighted by molar-refractivity contribution is 0.278. The molecule has 0 radical (unpaired) electrons. The van der Waals surface area contributed by atoms with Gasteiger partial charge in [-0.15, -0.1) is 5.10 Å². The van der Waals surface area contributed by atoms with Crippen LogP contribution in [-0.2, 0) is 6.54 Å². The van der Waals surface area contributed by atoms with E-state index in [1.807, 2.05) is 0 Å². The van der Waals surface area contributed by atoms with Gasteiger partial charge in [-0.2, -0.15) is 9.90 Å². The third kappa shape index (κ3) is 3.02. The second-order valence-electron chi connectivity index (χ2n) is 2.89. The van der Waals surface area contributed by atoms with Crippen molar-refractivity contribution in [3.05, 3.63) is 6.20 Å². The zero-order chi connectivity index (χ0) is 9.68. The van der Waals surface area contributed by atoms with Gasteiger partial charge in [0.15, 0.2) is 5.82 Å². The number of likely N-dealkylation sites (N-methyl/N-ethyl adjacent to an activating group) is 1. The molecule has 1 aromatic heterocycles. The van der Waals surface area contributed by atoms with Gasteiger partial charge in [0.05, 0.1) is 12.7 Å². The zero-order valence-corrected chi connectivity index (χ0v) is 8.27. The third-order valence-electron chi connectivity index (χ3n) is 2.06. The van der Waals surface area contributed by atoms with E-state index in [4.69, 9.17) is 5.73 Å². The van der Waals surface area contributed by atoms with Gasteiger partial charge in [0.25, 0.3) is 0 Å². The van der Waals surface area contributed by atoms with Crippen molar-refractivity contribution in [2.24, 2.45) is 0 Å². The minimum atomic E-state index is 0.486. The van der Waals surface area contributed by atoms with E-state index in [-0.39, 0.29) is 0 Å². The molecule has 0 atom stereocenters. The fraction of sp³-hybridized carbons (Fsp3) is 0.750. The zero-order valence-electron chi connectivity index (χ0n) is 8.27. The van der Waals surface area contributed by atoms with Crippen molar-refractivity contribution in [2.75, 3.05) is 25.4 Å². The van der Waals surface area contributed by atoms with E-state index >= 15 is 0 Å². The van der Waals surface area contributed by atoms with Crippen LogP contribution in [-0.4, -0.2) is 39.5 Å². The molecule has 13 heavy (non-hydrogen) atoms. The maximum Gasteiger partial charge on any atom is 0.165 e. The Balaban J connectivity index is 2.33. The van der Waals surface area contributed by atoms with Crippen molar-refractivity contribution in [3.8, 4) is 0 Å². The molecule has 0 aromatic carbocycles. The van der Waals surface area contributed by atoms with Gasteiger partial charge in [-0.1, -0.05) is 13.8 Å². The van der Waals surface area contributed by atoms with E-state index in [0.29, 0.717) is 5.82 Å². The average Bonchev–Trinajstić information content (AvgIpc) is 2.53. The molecule has 0 unspecified atom stereocenters. The smallest absolute Gasteiger partial charge is 0.165 e. The monoisotopic (exact) mass is 183 g/mol. The van der Waals surface area contributed by atoms with Crippen LogP contribution < -0.4 is 5.73 Å². The lowest BCUT2D eigenvalue weighted by atomic mass is 10.5. The van der Waals surface area contributed by atoms with E-state index in [0.717, 1.165) is 26.2 Å². The topological polar surface area (TPSA) is 60.0 Å². The van der Waals surface area contributed by atoms with Gasteiger partial charge >= 0.3 is 0 Å². The van der Waals surface area contributed by atoms with Crippen LogP contribution in [0.3, 0.4) is 0 Å². The van der Waals surface area contributed by atoms with Crippen molar-refractivity contribution in [3.63, 3.8) is 0 Å². The van der Waals surface area contributed by atoms with Crippen molar-refractivity contribution < 1.29 is 0 Å². The minimum Gasteiger partial charge on any atom is -0.381 e. The van der Waals surface area contributed by atoms with E-state index in [1.54, 1.807) is 11.0 Å². The second kappa shape index (κ2) is 4.81. The fourth-order valence-corrected chi connectivity index (χ4v) is 1.19. The summed E-state index contributed by atoms with van der Waals surface area (Å²) >= 11 is 0. The van der Waals surface area contributed by atoms with Crippen LogP contribution in [0.1, 0.15) is 13.8 Å². The predicted molar refractivity (Wildman–Crippen MR) is 52.2 cm³/mol. The first kappa shape index (κ1) is 9.98. The molecule has 0 aliphatic rings. The highest BCUT2D eigenvalue weighted by molar-refractivity contribution is 5.19. The first-order valence-corrected chi connectivity index (χ1v) is 4.64. The molecule has 0 aliphatic heterocycles. The van der Waals surface area contributed by atoms with Gasteiger partial charge < -0.3 is 10.6 Å². The quantitative estimate of drug-likeness (QED) is 0.708. The molecular formula is C8H17N5. The van der Waals surface area contributed by atoms with Crippen LogP contribution in [0.2, 0.25) is 0 Å². The van der Waals surface area contributed by atoms with E-state index in [2.05, 4.69) is 28.9 Å². The van der Waals surface area contributed by atoms with Crippen LogP contribution in [0.25, 0.3) is 0 Å². The van der Waals surface area contributed by atoms with Crippen LogP contribution in [0.5, 0.6) is 0 Å². The lowest BCUT2D eigenvalue weighted by Gasteiger charge is -2.16. The van der Waals surface area contributed by atoms with E-state index in [1.165, 1.54) is 0 Å². The summed E-state index contributed by atoms with van der Waals surface area (Å²) in [7, 11) is 0. The van der Waals surface area contributed by atoms with E-state index in [9.17, 15) is 0 Å². The Kier molecular flexibility index (Phi) is 3.70. The van der Waals surface area contributed by atoms with Crippen molar-refractivity contribution in [1.82, 2.24) is 19.9 Å². The van der Waals surface area contributed by atoms with Crippen LogP contribution in [0.4, 0.5) is 5.82 Å². The number of nitrogens with zero attached hydrogens (tertiary/aromatic N) is 4. The van der Waals surface area contributed by atoms with Gasteiger partial charge in [-0.25, -0.2) is 0 Å². The maximum absolute atomic E-state index is 5.44. The Labute approximate surface area is 78.5 Å². The molecule has 0 spiro atoms.